The van der Waals surface area contributed by atoms with Crippen molar-refractivity contribution in [1.82, 2.24) is 29.8 Å². The largest absolute Gasteiger partial charge is 0.359 e. The molecule has 5 rings (SSSR count). The number of nitrogens with zero attached hydrogens (tertiary/aromatic N) is 6. The Bertz CT molecular complexity index is 1490. The molecule has 0 spiro atoms. The van der Waals surface area contributed by atoms with E-state index in [1.54, 1.807) is 48.1 Å². The molecular weight excluding hydrogens is 442 g/mol. The summed E-state index contributed by atoms with van der Waals surface area (Å²) in [6, 6.07) is 5.46. The molecule has 0 saturated carbocycles. The first-order valence-corrected chi connectivity index (χ1v) is 11.2. The molecule has 4 aromatic heterocycles. The van der Waals surface area contributed by atoms with Gasteiger partial charge in [-0.25, -0.2) is 4.85 Å². The molecule has 35 heavy (non-hydrogen) atoms. The highest BCUT2D eigenvalue weighted by Gasteiger charge is 2.29. The van der Waals surface area contributed by atoms with Crippen molar-refractivity contribution in [2.75, 3.05) is 13.1 Å². The molecule has 1 amide bonds. The summed E-state index contributed by atoms with van der Waals surface area (Å²) < 4.78 is 0. The van der Waals surface area contributed by atoms with Gasteiger partial charge in [-0.15, -0.1) is 0 Å². The van der Waals surface area contributed by atoms with E-state index >= 15 is 0 Å². The number of aromatic amines is 1. The number of fused-ring (bicyclic) bond motifs is 1. The van der Waals surface area contributed by atoms with Gasteiger partial charge < -0.3 is 9.88 Å². The van der Waals surface area contributed by atoms with Gasteiger partial charge >= 0.3 is 0 Å². The van der Waals surface area contributed by atoms with Crippen LogP contribution in [0.2, 0.25) is 0 Å². The van der Waals surface area contributed by atoms with Gasteiger partial charge in [0.1, 0.15) is 11.4 Å². The van der Waals surface area contributed by atoms with Crippen molar-refractivity contribution in [3.05, 3.63) is 89.2 Å². The molecule has 1 saturated heterocycles. The predicted molar refractivity (Wildman–Crippen MR) is 130 cm³/mol. The van der Waals surface area contributed by atoms with Crippen LogP contribution in [0.3, 0.4) is 0 Å². The first-order chi connectivity index (χ1) is 17.1. The molecule has 1 fully saturated rings. The zero-order valence-corrected chi connectivity index (χ0v) is 19.0. The summed E-state index contributed by atoms with van der Waals surface area (Å²) in [7, 11) is 0. The monoisotopic (exact) mass is 463 g/mol. The van der Waals surface area contributed by atoms with E-state index in [0.29, 0.717) is 65.2 Å². The zero-order valence-electron chi connectivity index (χ0n) is 19.0. The van der Waals surface area contributed by atoms with E-state index in [1.807, 2.05) is 19.1 Å². The molecule has 172 valence electrons. The fourth-order valence-electron chi connectivity index (χ4n) is 4.40. The van der Waals surface area contributed by atoms with E-state index in [-0.39, 0.29) is 0 Å². The summed E-state index contributed by atoms with van der Waals surface area (Å²) in [6.07, 6.45) is 10.7. The highest BCUT2D eigenvalue weighted by Crippen LogP contribution is 2.31. The lowest BCUT2D eigenvalue weighted by Crippen LogP contribution is -2.40. The van der Waals surface area contributed by atoms with Gasteiger partial charge in [0.15, 0.2) is 0 Å². The fourth-order valence-corrected chi connectivity index (χ4v) is 4.40. The van der Waals surface area contributed by atoms with Crippen LogP contribution in [0.5, 0.6) is 0 Å². The Balaban J connectivity index is 1.39. The van der Waals surface area contributed by atoms with Crippen LogP contribution in [-0.4, -0.2) is 54.6 Å². The average molecular weight is 464 g/mol. The molecule has 0 aromatic carbocycles. The van der Waals surface area contributed by atoms with Crippen molar-refractivity contribution < 1.29 is 9.59 Å². The van der Waals surface area contributed by atoms with Crippen LogP contribution in [0.4, 0.5) is 0 Å². The number of carbonyl (C=O) groups is 2. The standard InChI is InChI=1S/C26H21N7O2/c1-16-13-31-23(20-15-28-9-10-30-20)24-21(16)18(14-32-24)25(34)26(35)33-11-6-17(7-12-33)22(27-2)19-5-3-4-8-29-19/h3-5,8-10,13-15,32H,6-7,11-12H2,1H3. The van der Waals surface area contributed by atoms with E-state index in [2.05, 4.69) is 29.8 Å². The van der Waals surface area contributed by atoms with Crippen LogP contribution < -0.4 is 0 Å². The number of H-pyrrole nitrogens is 1. The van der Waals surface area contributed by atoms with E-state index < -0.39 is 11.7 Å². The van der Waals surface area contributed by atoms with Crippen molar-refractivity contribution >= 4 is 28.3 Å². The van der Waals surface area contributed by atoms with Gasteiger partial charge in [0, 0.05) is 49.5 Å². The molecule has 0 aliphatic carbocycles. The predicted octanol–water partition coefficient (Wildman–Crippen LogP) is 3.86. The smallest absolute Gasteiger partial charge is 0.295 e. The summed E-state index contributed by atoms with van der Waals surface area (Å²) in [5.74, 6) is -1.12. The van der Waals surface area contributed by atoms with Crippen molar-refractivity contribution in [1.29, 1.82) is 0 Å². The fraction of sp³-hybridized carbons (Fsp3) is 0.192. The lowest BCUT2D eigenvalue weighted by Gasteiger charge is -2.28. The van der Waals surface area contributed by atoms with Crippen LogP contribution in [0, 0.1) is 13.5 Å². The first kappa shape index (κ1) is 22.1. The minimum Gasteiger partial charge on any atom is -0.359 e. The number of ketones is 1. The lowest BCUT2D eigenvalue weighted by molar-refractivity contribution is -0.126. The van der Waals surface area contributed by atoms with Crippen LogP contribution in [0.25, 0.3) is 32.8 Å². The molecule has 5 heterocycles. The SMILES string of the molecule is [C-]#[N+]C(=C1CCN(C(=O)C(=O)c2c[nH]c3c(-c4cnccn4)ncc(C)c23)CC1)c1ccccn1. The third-order valence-electron chi connectivity index (χ3n) is 6.15. The molecule has 0 bridgehead atoms. The number of aromatic nitrogens is 5. The topological polar surface area (TPSA) is 109 Å². The maximum Gasteiger partial charge on any atom is 0.295 e. The molecule has 4 aromatic rings. The van der Waals surface area contributed by atoms with Gasteiger partial charge in [-0.1, -0.05) is 11.6 Å². The molecule has 0 radical (unpaired) electrons. The molecule has 0 atom stereocenters. The van der Waals surface area contributed by atoms with Crippen molar-refractivity contribution in [3.8, 4) is 11.4 Å². The number of hydrogen-bond donors (Lipinski definition) is 1. The molecule has 0 unspecified atom stereocenters. The summed E-state index contributed by atoms with van der Waals surface area (Å²) >= 11 is 0. The van der Waals surface area contributed by atoms with Gasteiger partial charge in [-0.05, 0) is 37.5 Å². The minimum atomic E-state index is -0.571. The van der Waals surface area contributed by atoms with Crippen molar-refractivity contribution in [3.63, 3.8) is 0 Å². The van der Waals surface area contributed by atoms with Gasteiger partial charge in [0.05, 0.1) is 29.5 Å². The van der Waals surface area contributed by atoms with E-state index in [0.717, 1.165) is 11.1 Å². The highest BCUT2D eigenvalue weighted by molar-refractivity contribution is 6.45. The third kappa shape index (κ3) is 4.06. The molecule has 9 nitrogen and oxygen atoms in total. The van der Waals surface area contributed by atoms with E-state index in [4.69, 9.17) is 6.57 Å². The quantitative estimate of drug-likeness (QED) is 0.280. The maximum absolute atomic E-state index is 13.3. The number of amides is 1. The minimum absolute atomic E-state index is 0.312. The summed E-state index contributed by atoms with van der Waals surface area (Å²) in [5, 5.41) is 0.655. The van der Waals surface area contributed by atoms with Crippen LogP contribution in [0.1, 0.15) is 34.5 Å². The van der Waals surface area contributed by atoms with Gasteiger partial charge in [-0.3, -0.25) is 29.5 Å². The average Bonchev–Trinajstić information content (AvgIpc) is 3.36. The molecule has 1 N–H and O–H groups in total. The Kier molecular flexibility index (Phi) is 5.85. The zero-order chi connectivity index (χ0) is 24.4. The Morgan fingerprint density at radius 3 is 2.57 bits per heavy atom. The number of likely N-dealkylation sites (tertiary alicyclic amines) is 1. The van der Waals surface area contributed by atoms with Gasteiger partial charge in [-0.2, -0.15) is 0 Å². The number of piperidine rings is 1. The molecular formula is C26H21N7O2. The highest BCUT2D eigenvalue weighted by atomic mass is 16.2. The summed E-state index contributed by atoms with van der Waals surface area (Å²) in [6.45, 7) is 10.2. The lowest BCUT2D eigenvalue weighted by atomic mass is 9.98. The van der Waals surface area contributed by atoms with E-state index in [9.17, 15) is 9.59 Å². The molecule has 9 heteroatoms. The molecule has 1 aliphatic rings. The molecule has 1 aliphatic heterocycles. The van der Waals surface area contributed by atoms with Crippen LogP contribution in [0.15, 0.2) is 61.0 Å². The normalized spacial score (nSPS) is 13.5. The van der Waals surface area contributed by atoms with Crippen molar-refractivity contribution in [2.45, 2.75) is 19.8 Å². The Morgan fingerprint density at radius 2 is 1.89 bits per heavy atom. The second-order valence-corrected chi connectivity index (χ2v) is 8.23. The second-order valence-electron chi connectivity index (χ2n) is 8.23. The maximum atomic E-state index is 13.3. The Hall–Kier alpha value is -4.71. The Morgan fingerprint density at radius 1 is 1.06 bits per heavy atom. The second kappa shape index (κ2) is 9.27. The number of pyridine rings is 2. The van der Waals surface area contributed by atoms with Crippen LogP contribution >= 0.6 is 0 Å². The van der Waals surface area contributed by atoms with Gasteiger partial charge in [0.2, 0.25) is 5.70 Å². The first-order valence-electron chi connectivity index (χ1n) is 11.2. The number of carbonyl (C=O) groups excluding carboxylic acids is 2. The number of Topliss-reactive ketones (excluding diaryl/α,β-unsaturated/α-hetero) is 1. The number of hydrogen-bond acceptors (Lipinski definition) is 6. The van der Waals surface area contributed by atoms with Gasteiger partial charge in [0.25, 0.3) is 11.7 Å². The van der Waals surface area contributed by atoms with E-state index in [1.165, 1.54) is 0 Å². The Labute approximate surface area is 201 Å². The number of aryl methyl sites for hydroxylation is 1. The number of rotatable bonds is 4. The number of nitrogens with one attached hydrogen (secondary N) is 1. The van der Waals surface area contributed by atoms with Crippen LogP contribution in [-0.2, 0) is 4.79 Å². The summed E-state index contributed by atoms with van der Waals surface area (Å²) in [5.41, 5.74) is 5.00. The van der Waals surface area contributed by atoms with Crippen molar-refractivity contribution in [2.24, 2.45) is 0 Å². The summed E-state index contributed by atoms with van der Waals surface area (Å²) in [4.78, 5) is 51.9. The third-order valence-corrected chi connectivity index (χ3v) is 6.15.